The lowest BCUT2D eigenvalue weighted by molar-refractivity contribution is 0.0479. The number of hydrogen-bond acceptors (Lipinski definition) is 4. The lowest BCUT2D eigenvalue weighted by Crippen LogP contribution is -2.14. The zero-order chi connectivity index (χ0) is 15.9. The highest BCUT2D eigenvalue weighted by Crippen LogP contribution is 2.38. The molecule has 0 bridgehead atoms. The molecule has 0 atom stereocenters. The smallest absolute Gasteiger partial charge is 0.348 e. The Hall–Kier alpha value is -1.40. The number of nitrogens with zero attached hydrogens (tertiary/aromatic N) is 1. The molecule has 1 aliphatic carbocycles. The van der Waals surface area contributed by atoms with Crippen molar-refractivity contribution in [3.8, 4) is 0 Å². The molecule has 3 rings (SSSR count). The Morgan fingerprint density at radius 2 is 2.09 bits per heavy atom. The Labute approximate surface area is 141 Å². The van der Waals surface area contributed by atoms with E-state index in [1.54, 1.807) is 12.1 Å². The minimum atomic E-state index is -0.458. The van der Waals surface area contributed by atoms with Crippen LogP contribution in [0.1, 0.15) is 50.3 Å². The van der Waals surface area contributed by atoms with Crippen molar-refractivity contribution in [2.45, 2.75) is 32.7 Å². The van der Waals surface area contributed by atoms with Crippen molar-refractivity contribution in [3.63, 3.8) is 0 Å². The molecule has 2 aromatic rings. The fourth-order valence-electron chi connectivity index (χ4n) is 2.66. The Morgan fingerprint density at radius 3 is 2.68 bits per heavy atom. The van der Waals surface area contributed by atoms with Crippen molar-refractivity contribution in [1.82, 2.24) is 4.57 Å². The normalized spacial score (nSPS) is 14.1. The van der Waals surface area contributed by atoms with E-state index >= 15 is 0 Å². The average molecular weight is 382 g/mol. The molecule has 2 aromatic heterocycles. The van der Waals surface area contributed by atoms with E-state index in [0.717, 1.165) is 15.2 Å². The molecule has 0 N–H and O–H groups in total. The van der Waals surface area contributed by atoms with Gasteiger partial charge in [-0.1, -0.05) is 0 Å². The summed E-state index contributed by atoms with van der Waals surface area (Å²) >= 11 is 4.59. The van der Waals surface area contributed by atoms with Crippen molar-refractivity contribution >= 4 is 39.0 Å². The molecule has 116 valence electrons. The number of carbonyl (C=O) groups is 2. The molecule has 2 heterocycles. The van der Waals surface area contributed by atoms with Gasteiger partial charge >= 0.3 is 5.97 Å². The van der Waals surface area contributed by atoms with Crippen molar-refractivity contribution in [2.24, 2.45) is 0 Å². The van der Waals surface area contributed by atoms with Crippen LogP contribution in [0.25, 0.3) is 0 Å². The van der Waals surface area contributed by atoms with Crippen molar-refractivity contribution < 1.29 is 14.3 Å². The van der Waals surface area contributed by atoms with Gasteiger partial charge in [-0.3, -0.25) is 4.79 Å². The third kappa shape index (κ3) is 3.03. The first kappa shape index (κ1) is 15.5. The van der Waals surface area contributed by atoms with Gasteiger partial charge < -0.3 is 9.30 Å². The quantitative estimate of drug-likeness (QED) is 0.572. The maximum atomic E-state index is 12.3. The van der Waals surface area contributed by atoms with Crippen molar-refractivity contribution in [3.05, 3.63) is 43.8 Å². The lowest BCUT2D eigenvalue weighted by atomic mass is 10.1. The van der Waals surface area contributed by atoms with Crippen LogP contribution >= 0.6 is 27.3 Å². The molecule has 1 fully saturated rings. The van der Waals surface area contributed by atoms with Gasteiger partial charge in [0, 0.05) is 23.0 Å². The molecule has 0 amide bonds. The van der Waals surface area contributed by atoms with Gasteiger partial charge in [-0.2, -0.15) is 0 Å². The average Bonchev–Trinajstić information content (AvgIpc) is 3.14. The second-order valence-corrected chi connectivity index (χ2v) is 7.95. The van der Waals surface area contributed by atoms with E-state index in [4.69, 9.17) is 4.74 Å². The molecule has 0 radical (unpaired) electrons. The first-order chi connectivity index (χ1) is 10.5. The first-order valence-corrected chi connectivity index (χ1v) is 8.72. The van der Waals surface area contributed by atoms with E-state index < -0.39 is 5.97 Å². The molecule has 6 heteroatoms. The first-order valence-electron chi connectivity index (χ1n) is 7.11. The lowest BCUT2D eigenvalue weighted by Gasteiger charge is -2.07. The molecular formula is C16H16BrNO3S. The molecule has 22 heavy (non-hydrogen) atoms. The van der Waals surface area contributed by atoms with Crippen LogP contribution in [0.5, 0.6) is 0 Å². The number of esters is 1. The van der Waals surface area contributed by atoms with Gasteiger partial charge in [0.05, 0.1) is 3.79 Å². The highest BCUT2D eigenvalue weighted by atomic mass is 79.9. The Kier molecular flexibility index (Phi) is 4.23. The summed E-state index contributed by atoms with van der Waals surface area (Å²) in [5.41, 5.74) is 2.72. The van der Waals surface area contributed by atoms with Crippen LogP contribution in [0.4, 0.5) is 0 Å². The zero-order valence-electron chi connectivity index (χ0n) is 12.4. The summed E-state index contributed by atoms with van der Waals surface area (Å²) in [5.74, 6) is -0.607. The van der Waals surface area contributed by atoms with Crippen LogP contribution in [-0.4, -0.2) is 22.9 Å². The highest BCUT2D eigenvalue weighted by Gasteiger charge is 2.28. The van der Waals surface area contributed by atoms with Gasteiger partial charge in [0.15, 0.2) is 6.61 Å². The molecule has 0 unspecified atom stereocenters. The van der Waals surface area contributed by atoms with E-state index in [9.17, 15) is 9.59 Å². The molecule has 0 aromatic carbocycles. The summed E-state index contributed by atoms with van der Waals surface area (Å²) in [4.78, 5) is 24.7. The number of rotatable bonds is 5. The summed E-state index contributed by atoms with van der Waals surface area (Å²) in [6.07, 6.45) is 2.35. The number of ketones is 1. The SMILES string of the molecule is Cc1cc(C(=O)COC(=O)c2ccc(Br)s2)c(C)n1C1CC1. The van der Waals surface area contributed by atoms with Crippen LogP contribution in [0.2, 0.25) is 0 Å². The Balaban J connectivity index is 1.67. The molecular weight excluding hydrogens is 366 g/mol. The zero-order valence-corrected chi connectivity index (χ0v) is 14.8. The molecule has 1 saturated carbocycles. The third-order valence-corrected chi connectivity index (χ3v) is 5.41. The summed E-state index contributed by atoms with van der Waals surface area (Å²) in [5, 5.41) is 0. The summed E-state index contributed by atoms with van der Waals surface area (Å²) in [6.45, 7) is 3.75. The number of aromatic nitrogens is 1. The van der Waals surface area contributed by atoms with Gasteiger partial charge in [0.1, 0.15) is 4.88 Å². The summed E-state index contributed by atoms with van der Waals surface area (Å²) in [7, 11) is 0. The van der Waals surface area contributed by atoms with Crippen molar-refractivity contribution in [1.29, 1.82) is 0 Å². The third-order valence-electron chi connectivity index (χ3n) is 3.81. The topological polar surface area (TPSA) is 48.3 Å². The Bertz CT molecular complexity index is 743. The second kappa shape index (κ2) is 6.01. The number of Topliss-reactive ketones (excluding diaryl/α,β-unsaturated/α-hetero) is 1. The number of halogens is 1. The number of hydrogen-bond donors (Lipinski definition) is 0. The van der Waals surface area contributed by atoms with Crippen LogP contribution < -0.4 is 0 Å². The standard InChI is InChI=1S/C16H16BrNO3S/c1-9-7-12(10(2)18(9)11-3-4-11)13(19)8-21-16(20)14-5-6-15(17)22-14/h5-7,11H,3-4,8H2,1-2H3. The maximum Gasteiger partial charge on any atom is 0.348 e. The molecule has 1 aliphatic rings. The van der Waals surface area contributed by atoms with E-state index in [0.29, 0.717) is 16.5 Å². The van der Waals surface area contributed by atoms with Gasteiger partial charge in [-0.05, 0) is 60.8 Å². The van der Waals surface area contributed by atoms with E-state index in [1.165, 1.54) is 24.2 Å². The number of aryl methyl sites for hydroxylation is 1. The minimum Gasteiger partial charge on any atom is -0.453 e. The molecule has 0 saturated heterocycles. The Morgan fingerprint density at radius 1 is 1.36 bits per heavy atom. The fraction of sp³-hybridized carbons (Fsp3) is 0.375. The van der Waals surface area contributed by atoms with Gasteiger partial charge in [0.25, 0.3) is 0 Å². The summed E-state index contributed by atoms with van der Waals surface area (Å²) in [6, 6.07) is 5.89. The number of ether oxygens (including phenoxy) is 1. The molecule has 4 nitrogen and oxygen atoms in total. The van der Waals surface area contributed by atoms with Crippen LogP contribution in [0.15, 0.2) is 22.0 Å². The fourth-order valence-corrected chi connectivity index (χ4v) is 3.94. The largest absolute Gasteiger partial charge is 0.453 e. The number of carbonyl (C=O) groups excluding carboxylic acids is 2. The van der Waals surface area contributed by atoms with E-state index in [2.05, 4.69) is 20.5 Å². The van der Waals surface area contributed by atoms with Crippen LogP contribution in [0, 0.1) is 13.8 Å². The predicted octanol–water partition coefficient (Wildman–Crippen LogP) is 4.30. The predicted molar refractivity (Wildman–Crippen MR) is 88.8 cm³/mol. The summed E-state index contributed by atoms with van der Waals surface area (Å²) < 4.78 is 8.20. The van der Waals surface area contributed by atoms with Gasteiger partial charge in [-0.15, -0.1) is 11.3 Å². The minimum absolute atomic E-state index is 0.149. The monoisotopic (exact) mass is 381 g/mol. The molecule has 0 aliphatic heterocycles. The molecule has 0 spiro atoms. The van der Waals surface area contributed by atoms with Gasteiger partial charge in [0.2, 0.25) is 5.78 Å². The van der Waals surface area contributed by atoms with E-state index in [1.807, 2.05) is 19.9 Å². The maximum absolute atomic E-state index is 12.3. The van der Waals surface area contributed by atoms with E-state index in [-0.39, 0.29) is 12.4 Å². The van der Waals surface area contributed by atoms with Gasteiger partial charge in [-0.25, -0.2) is 4.79 Å². The van der Waals surface area contributed by atoms with Crippen LogP contribution in [0.3, 0.4) is 0 Å². The van der Waals surface area contributed by atoms with Crippen molar-refractivity contribution in [2.75, 3.05) is 6.61 Å². The highest BCUT2D eigenvalue weighted by molar-refractivity contribution is 9.11. The second-order valence-electron chi connectivity index (χ2n) is 5.49. The van der Waals surface area contributed by atoms with Crippen LogP contribution in [-0.2, 0) is 4.74 Å². The number of thiophene rings is 1.